The number of carbonyl (C=O) groups is 1. The number of hydrogen-bond donors (Lipinski definition) is 1. The second-order valence-corrected chi connectivity index (χ2v) is 5.62. The number of aryl methyl sites for hydroxylation is 1. The van der Waals surface area contributed by atoms with Gasteiger partial charge in [-0.05, 0) is 43.3 Å². The lowest BCUT2D eigenvalue weighted by molar-refractivity contribution is 0.0997. The Kier molecular flexibility index (Phi) is 3.73. The molecule has 0 saturated carbocycles. The van der Waals surface area contributed by atoms with E-state index in [9.17, 15) is 4.79 Å². The van der Waals surface area contributed by atoms with Gasteiger partial charge in [0.15, 0.2) is 11.5 Å². The summed E-state index contributed by atoms with van der Waals surface area (Å²) in [6.07, 6.45) is 0. The molecule has 5 nitrogen and oxygen atoms in total. The average Bonchev–Trinajstić information content (AvgIpc) is 3.16. The Morgan fingerprint density at radius 3 is 2.68 bits per heavy atom. The van der Waals surface area contributed by atoms with Gasteiger partial charge in [-0.25, -0.2) is 4.98 Å². The van der Waals surface area contributed by atoms with Crippen molar-refractivity contribution >= 4 is 22.9 Å². The fourth-order valence-electron chi connectivity index (χ4n) is 1.89. The molecule has 0 saturated heterocycles. The van der Waals surface area contributed by atoms with Crippen LogP contribution in [-0.4, -0.2) is 10.9 Å². The average molecular weight is 309 g/mol. The number of nitriles is 1. The smallest absolute Gasteiger partial charge is 0.291 e. The molecule has 108 valence electrons. The summed E-state index contributed by atoms with van der Waals surface area (Å²) in [5.41, 5.74) is 1.86. The molecule has 1 N–H and O–H groups in total. The summed E-state index contributed by atoms with van der Waals surface area (Å²) in [4.78, 5) is 16.4. The minimum Gasteiger partial charge on any atom is -0.449 e. The lowest BCUT2D eigenvalue weighted by atomic mass is 10.2. The molecule has 0 fully saturated rings. The van der Waals surface area contributed by atoms with Crippen molar-refractivity contribution in [3.63, 3.8) is 0 Å². The number of rotatable bonds is 3. The molecule has 3 rings (SSSR count). The van der Waals surface area contributed by atoms with Gasteiger partial charge in [-0.3, -0.25) is 4.79 Å². The summed E-state index contributed by atoms with van der Waals surface area (Å²) >= 11 is 1.52. The number of furan rings is 1. The molecular formula is C16H11N3O2S. The summed E-state index contributed by atoms with van der Waals surface area (Å²) in [5, 5.41) is 14.3. The zero-order chi connectivity index (χ0) is 15.5. The van der Waals surface area contributed by atoms with Gasteiger partial charge in [0.2, 0.25) is 0 Å². The third-order valence-corrected chi connectivity index (χ3v) is 3.75. The van der Waals surface area contributed by atoms with Gasteiger partial charge in [-0.2, -0.15) is 5.26 Å². The Hall–Kier alpha value is -2.91. The van der Waals surface area contributed by atoms with E-state index in [-0.39, 0.29) is 11.7 Å². The van der Waals surface area contributed by atoms with Crippen molar-refractivity contribution in [2.24, 2.45) is 0 Å². The van der Waals surface area contributed by atoms with E-state index < -0.39 is 0 Å². The maximum Gasteiger partial charge on any atom is 0.291 e. The Labute approximate surface area is 130 Å². The molecule has 2 aromatic heterocycles. The van der Waals surface area contributed by atoms with Crippen LogP contribution in [0.4, 0.5) is 5.69 Å². The molecule has 0 atom stereocenters. The highest BCUT2D eigenvalue weighted by Crippen LogP contribution is 2.24. The first-order valence-corrected chi connectivity index (χ1v) is 7.37. The number of hydrogen-bond acceptors (Lipinski definition) is 5. The van der Waals surface area contributed by atoms with E-state index in [0.29, 0.717) is 17.0 Å². The van der Waals surface area contributed by atoms with Gasteiger partial charge in [-0.15, -0.1) is 11.3 Å². The van der Waals surface area contributed by atoms with E-state index in [1.807, 2.05) is 18.4 Å². The van der Waals surface area contributed by atoms with Gasteiger partial charge >= 0.3 is 0 Å². The molecular weight excluding hydrogens is 298 g/mol. The molecule has 2 heterocycles. The van der Waals surface area contributed by atoms with Crippen molar-refractivity contribution in [3.8, 4) is 17.5 Å². The molecule has 6 heteroatoms. The van der Waals surface area contributed by atoms with Crippen molar-refractivity contribution in [3.05, 3.63) is 58.1 Å². The molecule has 0 aliphatic heterocycles. The summed E-state index contributed by atoms with van der Waals surface area (Å²) in [6.45, 7) is 1.91. The number of nitrogens with zero attached hydrogens (tertiary/aromatic N) is 2. The minimum atomic E-state index is -0.345. The van der Waals surface area contributed by atoms with Gasteiger partial charge in [-0.1, -0.05) is 0 Å². The maximum absolute atomic E-state index is 12.1. The van der Waals surface area contributed by atoms with Gasteiger partial charge in [0.1, 0.15) is 5.69 Å². The van der Waals surface area contributed by atoms with E-state index in [4.69, 9.17) is 9.68 Å². The van der Waals surface area contributed by atoms with Crippen LogP contribution in [0.15, 0.2) is 46.2 Å². The van der Waals surface area contributed by atoms with E-state index in [0.717, 1.165) is 10.7 Å². The van der Waals surface area contributed by atoms with Gasteiger partial charge < -0.3 is 9.73 Å². The fourth-order valence-corrected chi connectivity index (χ4v) is 2.50. The topological polar surface area (TPSA) is 78.9 Å². The molecule has 22 heavy (non-hydrogen) atoms. The number of thiazole rings is 1. The van der Waals surface area contributed by atoms with Crippen molar-refractivity contribution < 1.29 is 9.21 Å². The zero-order valence-corrected chi connectivity index (χ0v) is 12.5. The van der Waals surface area contributed by atoms with E-state index in [1.165, 1.54) is 11.3 Å². The minimum absolute atomic E-state index is 0.213. The predicted molar refractivity (Wildman–Crippen MR) is 83.7 cm³/mol. The van der Waals surface area contributed by atoms with Crippen molar-refractivity contribution in [2.75, 3.05) is 5.32 Å². The second-order valence-electron chi connectivity index (χ2n) is 4.56. The number of benzene rings is 1. The molecule has 3 aromatic rings. The lowest BCUT2D eigenvalue weighted by Gasteiger charge is -2.02. The molecule has 0 radical (unpaired) electrons. The highest BCUT2D eigenvalue weighted by molar-refractivity contribution is 7.09. The molecule has 1 aromatic carbocycles. The SMILES string of the molecule is Cc1nc(-c2ccc(C(=O)Nc3ccc(C#N)cc3)o2)cs1. The monoisotopic (exact) mass is 309 g/mol. The van der Waals surface area contributed by atoms with Gasteiger partial charge in [0.05, 0.1) is 16.6 Å². The zero-order valence-electron chi connectivity index (χ0n) is 11.7. The lowest BCUT2D eigenvalue weighted by Crippen LogP contribution is -2.10. The molecule has 1 amide bonds. The quantitative estimate of drug-likeness (QED) is 0.797. The van der Waals surface area contributed by atoms with Crippen LogP contribution in [0.25, 0.3) is 11.5 Å². The standard InChI is InChI=1S/C16H11N3O2S/c1-10-18-13(9-22-10)14-6-7-15(21-14)16(20)19-12-4-2-11(8-17)3-5-12/h2-7,9H,1H3,(H,19,20). The van der Waals surface area contributed by atoms with Crippen LogP contribution in [0, 0.1) is 18.3 Å². The van der Waals surface area contributed by atoms with E-state index >= 15 is 0 Å². The number of aromatic nitrogens is 1. The van der Waals surface area contributed by atoms with E-state index in [2.05, 4.69) is 10.3 Å². The van der Waals surface area contributed by atoms with Gasteiger partial charge in [0.25, 0.3) is 5.91 Å². The first kappa shape index (κ1) is 14.0. The van der Waals surface area contributed by atoms with Crippen molar-refractivity contribution in [1.29, 1.82) is 5.26 Å². The Bertz CT molecular complexity index is 856. The van der Waals surface area contributed by atoms with Gasteiger partial charge in [0, 0.05) is 11.1 Å². The van der Waals surface area contributed by atoms with Crippen LogP contribution < -0.4 is 5.32 Å². The van der Waals surface area contributed by atoms with Crippen LogP contribution in [0.5, 0.6) is 0 Å². The summed E-state index contributed by atoms with van der Waals surface area (Å²) in [5.74, 6) is 0.433. The van der Waals surface area contributed by atoms with Crippen LogP contribution in [0.3, 0.4) is 0 Å². The van der Waals surface area contributed by atoms with Crippen molar-refractivity contribution in [2.45, 2.75) is 6.92 Å². The third kappa shape index (κ3) is 2.90. The highest BCUT2D eigenvalue weighted by Gasteiger charge is 2.14. The summed E-state index contributed by atoms with van der Waals surface area (Å²) in [6, 6.07) is 12.0. The first-order chi connectivity index (χ1) is 10.7. The van der Waals surface area contributed by atoms with E-state index in [1.54, 1.807) is 36.4 Å². The molecule has 0 aliphatic rings. The number of anilines is 1. The predicted octanol–water partition coefficient (Wildman–Crippen LogP) is 3.84. The fraction of sp³-hybridized carbons (Fsp3) is 0.0625. The largest absolute Gasteiger partial charge is 0.449 e. The highest BCUT2D eigenvalue weighted by atomic mass is 32.1. The molecule has 0 spiro atoms. The Morgan fingerprint density at radius 2 is 2.05 bits per heavy atom. The first-order valence-electron chi connectivity index (χ1n) is 6.49. The number of carbonyl (C=O) groups excluding carboxylic acids is 1. The van der Waals surface area contributed by atoms with Crippen LogP contribution in [0.1, 0.15) is 21.1 Å². The summed E-state index contributed by atoms with van der Waals surface area (Å²) < 4.78 is 5.54. The molecule has 0 bridgehead atoms. The summed E-state index contributed by atoms with van der Waals surface area (Å²) in [7, 11) is 0. The molecule has 0 unspecified atom stereocenters. The van der Waals surface area contributed by atoms with Crippen LogP contribution in [-0.2, 0) is 0 Å². The maximum atomic E-state index is 12.1. The Morgan fingerprint density at radius 1 is 1.27 bits per heavy atom. The third-order valence-electron chi connectivity index (χ3n) is 2.97. The normalized spacial score (nSPS) is 10.2. The molecule has 0 aliphatic carbocycles. The van der Waals surface area contributed by atoms with Crippen LogP contribution >= 0.6 is 11.3 Å². The number of nitrogens with one attached hydrogen (secondary N) is 1. The van der Waals surface area contributed by atoms with Crippen LogP contribution in [0.2, 0.25) is 0 Å². The van der Waals surface area contributed by atoms with Crippen molar-refractivity contribution in [1.82, 2.24) is 4.98 Å². The number of amides is 1. The second kappa shape index (κ2) is 5.84. The Balaban J connectivity index is 1.75.